The second-order valence-corrected chi connectivity index (χ2v) is 6.91. The Morgan fingerprint density at radius 3 is 2.42 bits per heavy atom. The maximum absolute atomic E-state index is 12.7. The van der Waals surface area contributed by atoms with Gasteiger partial charge in [0.05, 0.1) is 5.57 Å². The summed E-state index contributed by atoms with van der Waals surface area (Å²) in [6.07, 6.45) is 4.36. The number of ether oxygens (including phenoxy) is 1. The number of likely N-dealkylation sites (tertiary alicyclic amines) is 1. The molecule has 1 atom stereocenters. The number of nitrogens with one attached hydrogen (secondary N) is 1. The third kappa shape index (κ3) is 2.96. The summed E-state index contributed by atoms with van der Waals surface area (Å²) >= 11 is 0. The fourth-order valence-corrected chi connectivity index (χ4v) is 4.59. The Balaban J connectivity index is 2.78. The summed E-state index contributed by atoms with van der Waals surface area (Å²) in [6.45, 7) is 7.43. The topological polar surface area (TPSA) is 75.7 Å². The predicted octanol–water partition coefficient (Wildman–Crippen LogP) is 1.28. The van der Waals surface area contributed by atoms with Crippen LogP contribution < -0.4 is 5.32 Å². The van der Waals surface area contributed by atoms with E-state index in [0.717, 1.165) is 18.4 Å². The van der Waals surface area contributed by atoms with Gasteiger partial charge in [-0.05, 0) is 50.3 Å². The average molecular weight is 354 g/mol. The van der Waals surface area contributed by atoms with E-state index >= 15 is 0 Å². The maximum atomic E-state index is 12.7. The van der Waals surface area contributed by atoms with Crippen LogP contribution in [0, 0.1) is 0 Å². The summed E-state index contributed by atoms with van der Waals surface area (Å²) in [7, 11) is -1.01. The quantitative estimate of drug-likeness (QED) is 0.753. The van der Waals surface area contributed by atoms with Gasteiger partial charge in [0.15, 0.2) is 5.72 Å². The second-order valence-electron chi connectivity index (χ2n) is 6.03. The molecule has 1 heterocycles. The van der Waals surface area contributed by atoms with Gasteiger partial charge in [0, 0.05) is 26.7 Å². The Labute approximate surface area is 145 Å². The van der Waals surface area contributed by atoms with E-state index in [4.69, 9.17) is 4.74 Å². The summed E-state index contributed by atoms with van der Waals surface area (Å²) in [6, 6.07) is 0. The van der Waals surface area contributed by atoms with Crippen molar-refractivity contribution in [2.45, 2.75) is 45.8 Å². The molecule has 7 heteroatoms. The van der Waals surface area contributed by atoms with Crippen LogP contribution >= 0.6 is 0 Å². The molecule has 0 aromatic rings. The van der Waals surface area contributed by atoms with Gasteiger partial charge in [0.25, 0.3) is 5.91 Å². The van der Waals surface area contributed by atoms with Gasteiger partial charge in [-0.15, -0.1) is 0 Å². The van der Waals surface area contributed by atoms with Crippen LogP contribution in [0.5, 0.6) is 0 Å². The molecule has 1 aliphatic carbocycles. The fourth-order valence-electron chi connectivity index (χ4n) is 3.66. The van der Waals surface area contributed by atoms with Crippen LogP contribution in [0.25, 0.3) is 0 Å². The van der Waals surface area contributed by atoms with Gasteiger partial charge in [0.2, 0.25) is 10.3 Å². The minimum absolute atomic E-state index is 0.160. The number of carbonyl (C=O) groups excluding carboxylic acids is 1. The molecule has 1 fully saturated rings. The number of rotatable bonds is 5. The van der Waals surface area contributed by atoms with Crippen molar-refractivity contribution in [3.05, 3.63) is 22.8 Å². The van der Waals surface area contributed by atoms with Crippen LogP contribution in [0.4, 0.5) is 0 Å². The van der Waals surface area contributed by atoms with Gasteiger partial charge >= 0.3 is 0 Å². The number of hydrogen-bond donors (Lipinski definition) is 1. The Kier molecular flexibility index (Phi) is 6.01. The highest BCUT2D eigenvalue weighted by atomic mass is 32.2. The molecule has 2 rings (SSSR count). The largest absolute Gasteiger partial charge is 0.354 e. The molecule has 1 saturated heterocycles. The zero-order valence-electron chi connectivity index (χ0n) is 14.8. The van der Waals surface area contributed by atoms with Crippen molar-refractivity contribution in [2.24, 2.45) is 0 Å². The summed E-state index contributed by atoms with van der Waals surface area (Å²) in [4.78, 5) is 14.9. The van der Waals surface area contributed by atoms with Crippen LogP contribution in [0.1, 0.15) is 40.0 Å². The van der Waals surface area contributed by atoms with Crippen molar-refractivity contribution < 1.29 is 17.9 Å². The Morgan fingerprint density at radius 1 is 1.33 bits per heavy atom. The van der Waals surface area contributed by atoms with Crippen LogP contribution in [0.3, 0.4) is 0 Å². The molecule has 134 valence electrons. The van der Waals surface area contributed by atoms with Crippen molar-refractivity contribution in [1.29, 1.82) is 0 Å². The molecular weight excluding hydrogens is 328 g/mol. The SMILES string of the molecule is CCNC(=O)C1=CC(CC)=C(C)C(=S(=O)=O)C1(OC)N1CCCC1. The fraction of sp³-hybridized carbons (Fsp3) is 0.647. The van der Waals surface area contributed by atoms with Crippen molar-refractivity contribution >= 4 is 21.1 Å². The van der Waals surface area contributed by atoms with Crippen molar-refractivity contribution in [2.75, 3.05) is 26.7 Å². The van der Waals surface area contributed by atoms with Crippen LogP contribution in [0.15, 0.2) is 22.8 Å². The molecule has 1 N–H and O–H groups in total. The number of allylic oxidation sites excluding steroid dienone is 2. The lowest BCUT2D eigenvalue weighted by Gasteiger charge is -2.44. The standard InChI is InChI=1S/C17H26N2O4S/c1-5-13-11-14(16(20)18-6-2)17(23-4,19-9-7-8-10-19)15(12(13)3)24(21)22/h11H,5-10H2,1-4H3,(H,18,20). The minimum Gasteiger partial charge on any atom is -0.354 e. The monoisotopic (exact) mass is 354 g/mol. The van der Waals surface area contributed by atoms with Gasteiger partial charge in [0.1, 0.15) is 4.86 Å². The number of methoxy groups -OCH3 is 1. The first-order valence-corrected chi connectivity index (χ1v) is 9.48. The lowest BCUT2D eigenvalue weighted by atomic mass is 9.83. The van der Waals surface area contributed by atoms with E-state index in [0.29, 0.717) is 37.2 Å². The van der Waals surface area contributed by atoms with Crippen LogP contribution in [0.2, 0.25) is 0 Å². The molecule has 1 aliphatic heterocycles. The molecule has 0 spiro atoms. The summed E-state index contributed by atoms with van der Waals surface area (Å²) in [5, 5.41) is 2.80. The van der Waals surface area contributed by atoms with E-state index in [-0.39, 0.29) is 10.8 Å². The molecule has 0 saturated carbocycles. The van der Waals surface area contributed by atoms with E-state index in [9.17, 15) is 13.2 Å². The first-order valence-electron chi connectivity index (χ1n) is 8.41. The number of amides is 1. The molecule has 1 unspecified atom stereocenters. The second kappa shape index (κ2) is 7.63. The summed E-state index contributed by atoms with van der Waals surface area (Å²) in [5.41, 5.74) is 0.538. The molecular formula is C17H26N2O4S. The lowest BCUT2D eigenvalue weighted by molar-refractivity contribution is -0.122. The molecule has 2 aliphatic rings. The number of carbonyl (C=O) groups is 1. The molecule has 0 radical (unpaired) electrons. The normalized spacial score (nSPS) is 25.0. The highest BCUT2D eigenvalue weighted by Gasteiger charge is 2.52. The van der Waals surface area contributed by atoms with E-state index in [1.165, 1.54) is 7.11 Å². The molecule has 0 aromatic heterocycles. The number of likely N-dealkylation sites (N-methyl/N-ethyl adjacent to an activating group) is 1. The summed E-state index contributed by atoms with van der Waals surface area (Å²) in [5.74, 6) is -0.285. The van der Waals surface area contributed by atoms with Crippen molar-refractivity contribution in [1.82, 2.24) is 10.2 Å². The molecule has 24 heavy (non-hydrogen) atoms. The van der Waals surface area contributed by atoms with Gasteiger partial charge < -0.3 is 10.1 Å². The minimum atomic E-state index is -2.49. The van der Waals surface area contributed by atoms with Crippen LogP contribution in [-0.2, 0) is 19.8 Å². The zero-order chi connectivity index (χ0) is 17.9. The highest BCUT2D eigenvalue weighted by Crippen LogP contribution is 2.39. The van der Waals surface area contributed by atoms with Gasteiger partial charge in [-0.25, -0.2) is 0 Å². The molecule has 0 aromatic carbocycles. The lowest BCUT2D eigenvalue weighted by Crippen LogP contribution is -2.60. The highest BCUT2D eigenvalue weighted by molar-refractivity contribution is 7.73. The predicted molar refractivity (Wildman–Crippen MR) is 94.2 cm³/mol. The smallest absolute Gasteiger partial charge is 0.251 e. The third-order valence-corrected chi connectivity index (χ3v) is 5.71. The van der Waals surface area contributed by atoms with Gasteiger partial charge in [-0.2, -0.15) is 8.42 Å². The Hall–Kier alpha value is -1.44. The average Bonchev–Trinajstić information content (AvgIpc) is 3.08. The van der Waals surface area contributed by atoms with E-state index in [1.54, 1.807) is 13.0 Å². The Bertz CT molecular complexity index is 707. The van der Waals surface area contributed by atoms with Crippen LogP contribution in [-0.4, -0.2) is 56.6 Å². The van der Waals surface area contributed by atoms with Crippen molar-refractivity contribution in [3.8, 4) is 0 Å². The zero-order valence-corrected chi connectivity index (χ0v) is 15.6. The van der Waals surface area contributed by atoms with E-state index < -0.39 is 16.0 Å². The first-order chi connectivity index (χ1) is 11.4. The molecule has 0 bridgehead atoms. The third-order valence-electron chi connectivity index (χ3n) is 4.79. The maximum Gasteiger partial charge on any atom is 0.251 e. The van der Waals surface area contributed by atoms with Gasteiger partial charge in [-0.3, -0.25) is 9.69 Å². The number of hydrogen-bond acceptors (Lipinski definition) is 5. The Morgan fingerprint density at radius 2 is 1.96 bits per heavy atom. The first kappa shape index (κ1) is 18.9. The van der Waals surface area contributed by atoms with Gasteiger partial charge in [-0.1, -0.05) is 6.92 Å². The van der Waals surface area contributed by atoms with E-state index in [2.05, 4.69) is 5.32 Å². The molecule has 1 amide bonds. The van der Waals surface area contributed by atoms with Crippen molar-refractivity contribution in [3.63, 3.8) is 0 Å². The summed E-state index contributed by atoms with van der Waals surface area (Å²) < 4.78 is 30.1. The number of nitrogens with zero attached hydrogens (tertiary/aromatic N) is 1. The van der Waals surface area contributed by atoms with E-state index in [1.807, 2.05) is 18.7 Å². The molecule has 6 nitrogen and oxygen atoms in total.